The highest BCUT2D eigenvalue weighted by molar-refractivity contribution is 5.56. The van der Waals surface area contributed by atoms with Gasteiger partial charge < -0.3 is 10.6 Å². The van der Waals surface area contributed by atoms with Gasteiger partial charge in [0.15, 0.2) is 0 Å². The number of rotatable bonds is 3. The molecule has 0 spiro atoms. The topological polar surface area (TPSA) is 29.3 Å². The Morgan fingerprint density at radius 1 is 1.44 bits per heavy atom. The third-order valence-electron chi connectivity index (χ3n) is 3.89. The van der Waals surface area contributed by atoms with Gasteiger partial charge in [0, 0.05) is 24.3 Å². The summed E-state index contributed by atoms with van der Waals surface area (Å²) in [6, 6.07) is 5.46. The second-order valence-corrected chi connectivity index (χ2v) is 5.24. The van der Waals surface area contributed by atoms with Gasteiger partial charge in [-0.15, -0.1) is 0 Å². The second-order valence-electron chi connectivity index (χ2n) is 5.24. The molecule has 3 heteroatoms. The van der Waals surface area contributed by atoms with Crippen molar-refractivity contribution in [3.8, 4) is 0 Å². The number of halogens is 1. The molecular formula is C15H23FN2. The molecule has 0 amide bonds. The molecule has 0 saturated carbocycles. The maximum atomic E-state index is 13.4. The number of hydrogen-bond acceptors (Lipinski definition) is 2. The first kappa shape index (κ1) is 13.3. The zero-order valence-electron chi connectivity index (χ0n) is 11.3. The number of benzene rings is 1. The molecule has 1 unspecified atom stereocenters. The molecule has 1 aliphatic heterocycles. The van der Waals surface area contributed by atoms with Crippen LogP contribution in [-0.2, 0) is 0 Å². The van der Waals surface area contributed by atoms with Crippen LogP contribution in [0, 0.1) is 5.82 Å². The zero-order chi connectivity index (χ0) is 13.1. The predicted octanol–water partition coefficient (Wildman–Crippen LogP) is 3.61. The van der Waals surface area contributed by atoms with Gasteiger partial charge in [0.2, 0.25) is 0 Å². The fourth-order valence-electron chi connectivity index (χ4n) is 2.89. The molecule has 100 valence electrons. The summed E-state index contributed by atoms with van der Waals surface area (Å²) in [5.41, 5.74) is 8.03. The molecule has 0 aliphatic carbocycles. The van der Waals surface area contributed by atoms with E-state index in [0.29, 0.717) is 6.04 Å². The summed E-state index contributed by atoms with van der Waals surface area (Å²) in [4.78, 5) is 2.42. The Bertz CT molecular complexity index is 403. The minimum absolute atomic E-state index is 0.130. The van der Waals surface area contributed by atoms with E-state index in [1.165, 1.54) is 19.3 Å². The molecule has 2 N–H and O–H groups in total. The fourth-order valence-corrected chi connectivity index (χ4v) is 2.89. The predicted molar refractivity (Wildman–Crippen MR) is 74.3 cm³/mol. The smallest absolute Gasteiger partial charge is 0.123 e. The maximum absolute atomic E-state index is 13.4. The molecule has 0 radical (unpaired) electrons. The molecule has 18 heavy (non-hydrogen) atoms. The molecule has 2 nitrogen and oxygen atoms in total. The average Bonchev–Trinajstić information content (AvgIpc) is 2.38. The third kappa shape index (κ3) is 2.66. The number of nitrogens with two attached hydrogens (primary N) is 1. The molecule has 1 aliphatic rings. The lowest BCUT2D eigenvalue weighted by molar-refractivity contribution is 0.448. The highest BCUT2D eigenvalue weighted by atomic mass is 19.1. The lowest BCUT2D eigenvalue weighted by Crippen LogP contribution is -2.40. The van der Waals surface area contributed by atoms with E-state index in [-0.39, 0.29) is 11.9 Å². The van der Waals surface area contributed by atoms with Crippen LogP contribution in [0.3, 0.4) is 0 Å². The van der Waals surface area contributed by atoms with Gasteiger partial charge in [-0.05, 0) is 56.4 Å². The number of piperidine rings is 1. The SMILES string of the molecule is CCC1CCCCN1c1ccc(F)cc1[C@H](C)N. The second kappa shape index (κ2) is 5.70. The van der Waals surface area contributed by atoms with Crippen molar-refractivity contribution in [3.05, 3.63) is 29.6 Å². The minimum atomic E-state index is -0.198. The Morgan fingerprint density at radius 3 is 2.89 bits per heavy atom. The monoisotopic (exact) mass is 250 g/mol. The van der Waals surface area contributed by atoms with Crippen molar-refractivity contribution in [2.24, 2.45) is 5.73 Å². The van der Waals surface area contributed by atoms with Gasteiger partial charge >= 0.3 is 0 Å². The van der Waals surface area contributed by atoms with E-state index in [4.69, 9.17) is 5.73 Å². The minimum Gasteiger partial charge on any atom is -0.368 e. The van der Waals surface area contributed by atoms with Crippen molar-refractivity contribution < 1.29 is 4.39 Å². The summed E-state index contributed by atoms with van der Waals surface area (Å²) < 4.78 is 13.4. The Labute approximate surface area is 109 Å². The molecular weight excluding hydrogens is 227 g/mol. The normalized spacial score (nSPS) is 22.0. The van der Waals surface area contributed by atoms with Crippen LogP contribution in [0.25, 0.3) is 0 Å². The van der Waals surface area contributed by atoms with Crippen molar-refractivity contribution in [2.45, 2.75) is 51.6 Å². The highest BCUT2D eigenvalue weighted by Gasteiger charge is 2.23. The van der Waals surface area contributed by atoms with Crippen LogP contribution in [0.15, 0.2) is 18.2 Å². The Morgan fingerprint density at radius 2 is 2.22 bits per heavy atom. The van der Waals surface area contributed by atoms with Gasteiger partial charge in [-0.3, -0.25) is 0 Å². The van der Waals surface area contributed by atoms with Crippen molar-refractivity contribution in [1.29, 1.82) is 0 Å². The first-order valence-corrected chi connectivity index (χ1v) is 6.95. The maximum Gasteiger partial charge on any atom is 0.123 e. The fraction of sp³-hybridized carbons (Fsp3) is 0.600. The largest absolute Gasteiger partial charge is 0.368 e. The summed E-state index contributed by atoms with van der Waals surface area (Å²) in [7, 11) is 0. The number of anilines is 1. The van der Waals surface area contributed by atoms with Crippen LogP contribution in [0.5, 0.6) is 0 Å². The highest BCUT2D eigenvalue weighted by Crippen LogP contribution is 2.32. The summed E-state index contributed by atoms with van der Waals surface area (Å²) in [6.07, 6.45) is 4.87. The van der Waals surface area contributed by atoms with Crippen LogP contribution in [0.2, 0.25) is 0 Å². The van der Waals surface area contributed by atoms with Crippen LogP contribution in [0.4, 0.5) is 10.1 Å². The van der Waals surface area contributed by atoms with Crippen LogP contribution >= 0.6 is 0 Å². The van der Waals surface area contributed by atoms with E-state index in [1.54, 1.807) is 12.1 Å². The van der Waals surface area contributed by atoms with Crippen molar-refractivity contribution in [3.63, 3.8) is 0 Å². The molecule has 1 fully saturated rings. The molecule has 1 heterocycles. The lowest BCUT2D eigenvalue weighted by atomic mass is 9.96. The van der Waals surface area contributed by atoms with Crippen molar-refractivity contribution in [2.75, 3.05) is 11.4 Å². The van der Waals surface area contributed by atoms with Crippen LogP contribution in [-0.4, -0.2) is 12.6 Å². The van der Waals surface area contributed by atoms with E-state index >= 15 is 0 Å². The molecule has 2 rings (SSSR count). The van der Waals surface area contributed by atoms with E-state index in [9.17, 15) is 4.39 Å². The van der Waals surface area contributed by atoms with Gasteiger partial charge in [-0.1, -0.05) is 6.92 Å². The number of hydrogen-bond donors (Lipinski definition) is 1. The Balaban J connectivity index is 2.36. The summed E-state index contributed by atoms with van der Waals surface area (Å²) in [5.74, 6) is -0.198. The average molecular weight is 250 g/mol. The zero-order valence-corrected chi connectivity index (χ0v) is 11.3. The molecule has 0 bridgehead atoms. The van der Waals surface area contributed by atoms with Crippen LogP contribution in [0.1, 0.15) is 51.1 Å². The molecule has 1 aromatic rings. The number of nitrogens with zero attached hydrogens (tertiary/aromatic N) is 1. The molecule has 0 aromatic heterocycles. The third-order valence-corrected chi connectivity index (χ3v) is 3.89. The van der Waals surface area contributed by atoms with Crippen molar-refractivity contribution in [1.82, 2.24) is 0 Å². The van der Waals surface area contributed by atoms with Gasteiger partial charge in [-0.2, -0.15) is 0 Å². The van der Waals surface area contributed by atoms with Gasteiger partial charge in [0.05, 0.1) is 0 Å². The van der Waals surface area contributed by atoms with E-state index in [2.05, 4.69) is 11.8 Å². The Hall–Kier alpha value is -1.09. The van der Waals surface area contributed by atoms with Crippen molar-refractivity contribution >= 4 is 5.69 Å². The standard InChI is InChI=1S/C15H23FN2/c1-3-13-6-4-5-9-18(13)15-8-7-12(16)10-14(15)11(2)17/h7-8,10-11,13H,3-6,9,17H2,1-2H3/t11-,13?/m0/s1. The summed E-state index contributed by atoms with van der Waals surface area (Å²) >= 11 is 0. The quantitative estimate of drug-likeness (QED) is 0.888. The van der Waals surface area contributed by atoms with E-state index < -0.39 is 0 Å². The molecule has 1 saturated heterocycles. The first-order valence-electron chi connectivity index (χ1n) is 6.95. The van der Waals surface area contributed by atoms with Gasteiger partial charge in [0.25, 0.3) is 0 Å². The summed E-state index contributed by atoms with van der Waals surface area (Å²) in [5, 5.41) is 0. The van der Waals surface area contributed by atoms with E-state index in [0.717, 1.165) is 24.2 Å². The summed E-state index contributed by atoms with van der Waals surface area (Å²) in [6.45, 7) is 5.20. The Kier molecular flexibility index (Phi) is 4.23. The van der Waals surface area contributed by atoms with Gasteiger partial charge in [0.1, 0.15) is 5.82 Å². The lowest BCUT2D eigenvalue weighted by Gasteiger charge is -2.38. The van der Waals surface area contributed by atoms with Crippen LogP contribution < -0.4 is 10.6 Å². The molecule has 2 atom stereocenters. The molecule has 1 aromatic carbocycles. The van der Waals surface area contributed by atoms with Gasteiger partial charge in [-0.25, -0.2) is 4.39 Å². The van der Waals surface area contributed by atoms with E-state index in [1.807, 2.05) is 13.0 Å². The first-order chi connectivity index (χ1) is 8.63.